The average molecular weight is 272 g/mol. The molecule has 1 aliphatic carbocycles. The Morgan fingerprint density at radius 3 is 2.33 bits per heavy atom. The molecule has 2 aromatic carbocycles. The summed E-state index contributed by atoms with van der Waals surface area (Å²) in [5.74, 6) is 0.624. The lowest BCUT2D eigenvalue weighted by molar-refractivity contribution is 0.619. The third kappa shape index (κ3) is 2.01. The molecule has 2 nitrogen and oxygen atoms in total. The number of benzene rings is 3. The van der Waals surface area contributed by atoms with Gasteiger partial charge in [-0.1, -0.05) is 48.5 Å². The van der Waals surface area contributed by atoms with E-state index in [9.17, 15) is 4.79 Å². The van der Waals surface area contributed by atoms with Crippen LogP contribution in [0, 0.1) is 0 Å². The molecule has 0 aromatic heterocycles. The topological polar surface area (TPSA) is 30.2 Å². The van der Waals surface area contributed by atoms with E-state index in [4.69, 9.17) is 4.42 Å². The molecule has 0 radical (unpaired) electrons. The normalized spacial score (nSPS) is 11.0. The zero-order valence-corrected chi connectivity index (χ0v) is 11.2. The Labute approximate surface area is 121 Å². The van der Waals surface area contributed by atoms with E-state index in [-0.39, 0.29) is 5.43 Å². The van der Waals surface area contributed by atoms with E-state index in [1.165, 1.54) is 0 Å². The maximum absolute atomic E-state index is 12.3. The van der Waals surface area contributed by atoms with E-state index in [0.29, 0.717) is 11.3 Å². The molecule has 2 aliphatic rings. The average Bonchev–Trinajstić information content (AvgIpc) is 2.53. The summed E-state index contributed by atoms with van der Waals surface area (Å²) < 4.78 is 5.82. The summed E-state index contributed by atoms with van der Waals surface area (Å²) in [6.07, 6.45) is 0. The van der Waals surface area contributed by atoms with Gasteiger partial charge in [0.15, 0.2) is 5.43 Å². The largest absolute Gasteiger partial charge is 0.456 e. The van der Waals surface area contributed by atoms with Gasteiger partial charge >= 0.3 is 0 Å². The molecule has 0 saturated heterocycles. The summed E-state index contributed by atoms with van der Waals surface area (Å²) in [6, 6.07) is 23.0. The van der Waals surface area contributed by atoms with E-state index in [0.717, 1.165) is 22.1 Å². The first kappa shape index (κ1) is 11.9. The molecule has 1 aliphatic heterocycles. The summed E-state index contributed by atoms with van der Waals surface area (Å²) in [5.41, 5.74) is 3.34. The van der Waals surface area contributed by atoms with Gasteiger partial charge in [0.2, 0.25) is 0 Å². The highest BCUT2D eigenvalue weighted by Crippen LogP contribution is 2.29. The molecule has 0 bridgehead atoms. The van der Waals surface area contributed by atoms with Crippen LogP contribution in [0.2, 0.25) is 0 Å². The smallest absolute Gasteiger partial charge is 0.190 e. The van der Waals surface area contributed by atoms with Crippen LogP contribution in [0.3, 0.4) is 0 Å². The first-order valence-electron chi connectivity index (χ1n) is 6.83. The van der Waals surface area contributed by atoms with Gasteiger partial charge in [-0.25, -0.2) is 0 Å². The fourth-order valence-corrected chi connectivity index (χ4v) is 2.60. The van der Waals surface area contributed by atoms with Crippen LogP contribution in [0.15, 0.2) is 82.0 Å². The van der Waals surface area contributed by atoms with Crippen LogP contribution in [0.25, 0.3) is 33.4 Å². The summed E-state index contributed by atoms with van der Waals surface area (Å²) >= 11 is 0. The second-order valence-electron chi connectivity index (χ2n) is 5.04. The first-order valence-corrected chi connectivity index (χ1v) is 6.83. The van der Waals surface area contributed by atoms with Crippen LogP contribution in [0.5, 0.6) is 0 Å². The summed E-state index contributed by atoms with van der Waals surface area (Å²) in [4.78, 5) is 12.3. The predicted molar refractivity (Wildman–Crippen MR) is 84.5 cm³/mol. The molecular formula is C19H12O2. The highest BCUT2D eigenvalue weighted by molar-refractivity contribution is 5.84. The fourth-order valence-electron chi connectivity index (χ4n) is 2.60. The first-order chi connectivity index (χ1) is 10.3. The van der Waals surface area contributed by atoms with E-state index < -0.39 is 0 Å². The second-order valence-corrected chi connectivity index (χ2v) is 5.04. The van der Waals surface area contributed by atoms with Gasteiger partial charge in [0.25, 0.3) is 0 Å². The Morgan fingerprint density at radius 1 is 0.714 bits per heavy atom. The molecule has 100 valence electrons. The molecule has 0 unspecified atom stereocenters. The van der Waals surface area contributed by atoms with Gasteiger partial charge in [-0.3, -0.25) is 4.79 Å². The molecule has 0 spiro atoms. The lowest BCUT2D eigenvalue weighted by atomic mass is 9.99. The molecule has 2 aromatic rings. The maximum Gasteiger partial charge on any atom is 0.190 e. The highest BCUT2D eigenvalue weighted by atomic mass is 16.3. The molecule has 4 rings (SSSR count). The summed E-state index contributed by atoms with van der Waals surface area (Å²) in [6.45, 7) is 0. The van der Waals surface area contributed by atoms with E-state index >= 15 is 0 Å². The molecule has 2 heteroatoms. The molecule has 0 fully saturated rings. The number of hydrogen-bond acceptors (Lipinski definition) is 2. The lowest BCUT2D eigenvalue weighted by Crippen LogP contribution is -2.04. The van der Waals surface area contributed by atoms with Crippen molar-refractivity contribution < 1.29 is 4.42 Å². The minimum absolute atomic E-state index is 0.0206. The van der Waals surface area contributed by atoms with Crippen molar-refractivity contribution in [2.24, 2.45) is 0 Å². The standard InChI is InChI=1S/C19H12O2/c20-17-12-19-15(10-14-8-4-5-9-18(14)21-19)11-16(17)13-6-2-1-3-7-13/h1-12H. The quantitative estimate of drug-likeness (QED) is 0.475. The van der Waals surface area contributed by atoms with Crippen LogP contribution < -0.4 is 5.43 Å². The van der Waals surface area contributed by atoms with Crippen LogP contribution in [-0.4, -0.2) is 0 Å². The SMILES string of the molecule is O=c1cc2oc3ccccc3cc-2cc1-c1ccccc1. The van der Waals surface area contributed by atoms with Gasteiger partial charge in [0.05, 0.1) is 0 Å². The Balaban J connectivity index is 2.03. The predicted octanol–water partition coefficient (Wildman–Crippen LogP) is 4.56. The van der Waals surface area contributed by atoms with Gasteiger partial charge in [0, 0.05) is 22.6 Å². The maximum atomic E-state index is 12.3. The van der Waals surface area contributed by atoms with Crippen molar-refractivity contribution in [3.8, 4) is 22.5 Å². The van der Waals surface area contributed by atoms with Crippen LogP contribution >= 0.6 is 0 Å². The second kappa shape index (κ2) is 4.60. The monoisotopic (exact) mass is 272 g/mol. The Hall–Kier alpha value is -2.87. The third-order valence-electron chi connectivity index (χ3n) is 3.65. The lowest BCUT2D eigenvalue weighted by Gasteiger charge is -2.09. The van der Waals surface area contributed by atoms with E-state index in [1.54, 1.807) is 6.07 Å². The number of hydrogen-bond donors (Lipinski definition) is 0. The highest BCUT2D eigenvalue weighted by Gasteiger charge is 2.12. The van der Waals surface area contributed by atoms with Crippen molar-refractivity contribution in [3.63, 3.8) is 0 Å². The Bertz CT molecular complexity index is 952. The van der Waals surface area contributed by atoms with Crippen molar-refractivity contribution in [2.75, 3.05) is 0 Å². The molecule has 0 saturated carbocycles. The van der Waals surface area contributed by atoms with Crippen molar-refractivity contribution in [1.82, 2.24) is 0 Å². The summed E-state index contributed by atoms with van der Waals surface area (Å²) in [7, 11) is 0. The van der Waals surface area contributed by atoms with Gasteiger partial charge < -0.3 is 4.42 Å². The van der Waals surface area contributed by atoms with Gasteiger partial charge in [-0.15, -0.1) is 0 Å². The van der Waals surface area contributed by atoms with Crippen molar-refractivity contribution in [1.29, 1.82) is 0 Å². The molecule has 0 N–H and O–H groups in total. The zero-order chi connectivity index (χ0) is 14.2. The Morgan fingerprint density at radius 2 is 1.48 bits per heavy atom. The van der Waals surface area contributed by atoms with Crippen molar-refractivity contribution >= 4 is 11.0 Å². The number of para-hydroxylation sites is 1. The van der Waals surface area contributed by atoms with Crippen LogP contribution in [-0.2, 0) is 0 Å². The van der Waals surface area contributed by atoms with E-state index in [2.05, 4.69) is 6.07 Å². The Kier molecular flexibility index (Phi) is 2.61. The minimum Gasteiger partial charge on any atom is -0.456 e. The van der Waals surface area contributed by atoms with Crippen molar-refractivity contribution in [2.45, 2.75) is 0 Å². The number of fused-ring (bicyclic) bond motifs is 2. The van der Waals surface area contributed by atoms with Gasteiger partial charge in [0.1, 0.15) is 11.3 Å². The van der Waals surface area contributed by atoms with Crippen LogP contribution in [0.4, 0.5) is 0 Å². The van der Waals surface area contributed by atoms with Gasteiger partial charge in [-0.2, -0.15) is 0 Å². The van der Waals surface area contributed by atoms with Crippen molar-refractivity contribution in [3.05, 3.63) is 83.0 Å². The third-order valence-corrected chi connectivity index (χ3v) is 3.65. The molecule has 1 heterocycles. The van der Waals surface area contributed by atoms with Crippen LogP contribution in [0.1, 0.15) is 0 Å². The summed E-state index contributed by atoms with van der Waals surface area (Å²) in [5, 5.41) is 1.03. The number of rotatable bonds is 1. The zero-order valence-electron chi connectivity index (χ0n) is 11.2. The molecule has 21 heavy (non-hydrogen) atoms. The minimum atomic E-state index is -0.0206. The fraction of sp³-hybridized carbons (Fsp3) is 0. The van der Waals surface area contributed by atoms with E-state index in [1.807, 2.05) is 60.7 Å². The van der Waals surface area contributed by atoms with Gasteiger partial charge in [-0.05, 0) is 23.8 Å². The molecule has 0 atom stereocenters. The molecular weight excluding hydrogens is 260 g/mol. The molecule has 0 amide bonds.